The van der Waals surface area contributed by atoms with Crippen LogP contribution in [-0.4, -0.2) is 15.0 Å². The summed E-state index contributed by atoms with van der Waals surface area (Å²) in [6.45, 7) is 0. The number of pyridine rings is 3. The molecule has 1 aliphatic heterocycles. The Bertz CT molecular complexity index is 3520. The molecule has 0 radical (unpaired) electrons. The summed E-state index contributed by atoms with van der Waals surface area (Å²) in [5.74, 6) is 1.69. The fourth-order valence-electron chi connectivity index (χ4n) is 10.3. The molecule has 0 unspecified atom stereocenters. The third-order valence-electron chi connectivity index (χ3n) is 13.2. The molecule has 4 heteroatoms. The fourth-order valence-corrected chi connectivity index (χ4v) is 10.3. The molecule has 8 aromatic carbocycles. The molecule has 4 heterocycles. The predicted octanol–water partition coefficient (Wildman–Crippen LogP) is 15.0. The quantitative estimate of drug-likeness (QED) is 0.162. The Morgan fingerprint density at radius 1 is 0.328 bits per heavy atom. The average Bonchev–Trinajstić information content (AvgIpc) is 3.67. The van der Waals surface area contributed by atoms with Gasteiger partial charge in [0, 0.05) is 39.2 Å². The molecule has 4 nitrogen and oxygen atoms in total. The summed E-state index contributed by atoms with van der Waals surface area (Å²) in [6, 6.07) is 77.8. The van der Waals surface area contributed by atoms with E-state index < -0.39 is 5.41 Å². The van der Waals surface area contributed by atoms with Gasteiger partial charge in [-0.15, -0.1) is 0 Å². The zero-order chi connectivity index (χ0) is 42.2. The van der Waals surface area contributed by atoms with Gasteiger partial charge >= 0.3 is 0 Å². The highest BCUT2D eigenvalue weighted by Crippen LogP contribution is 2.63. The standard InChI is InChI=1S/C60H37N3O/c1-3-15-40(16-4-1)55-34-43(35-56(62-55)54-25-13-14-32-61-54)39-28-26-38(27-29-39)42-30-31-57-51(33-42)60(49-22-10-7-19-44(49)45-20-8-11-23-50(45)60)52-36-47-46-21-9-12-24-53(46)63-59(41-17-5-2-6-18-41)48(47)37-58(52)64-57/h1-37H. The maximum absolute atomic E-state index is 7.13. The first-order chi connectivity index (χ1) is 31.7. The molecule has 0 atom stereocenters. The van der Waals surface area contributed by atoms with Crippen LogP contribution in [0.15, 0.2) is 225 Å². The fraction of sp³-hybridized carbons (Fsp3) is 0.0167. The van der Waals surface area contributed by atoms with Crippen molar-refractivity contribution in [2.75, 3.05) is 0 Å². The summed E-state index contributed by atoms with van der Waals surface area (Å²) in [4.78, 5) is 15.0. The van der Waals surface area contributed by atoms with Crippen LogP contribution in [0.3, 0.4) is 0 Å². The van der Waals surface area contributed by atoms with Gasteiger partial charge in [0.2, 0.25) is 0 Å². The molecule has 298 valence electrons. The van der Waals surface area contributed by atoms with E-state index in [0.29, 0.717) is 0 Å². The molecule has 0 fully saturated rings. The lowest BCUT2D eigenvalue weighted by molar-refractivity contribution is 0.437. The molecule has 1 aliphatic carbocycles. The number of rotatable bonds is 5. The lowest BCUT2D eigenvalue weighted by atomic mass is 9.65. The molecule has 0 saturated carbocycles. The Kier molecular flexibility index (Phi) is 8.09. The average molecular weight is 816 g/mol. The molecule has 1 spiro atoms. The molecule has 0 saturated heterocycles. The van der Waals surface area contributed by atoms with E-state index in [1.807, 2.05) is 30.5 Å². The highest BCUT2D eigenvalue weighted by molar-refractivity contribution is 6.12. The molecule has 3 aromatic heterocycles. The van der Waals surface area contributed by atoms with E-state index in [1.165, 1.54) is 22.3 Å². The van der Waals surface area contributed by atoms with Gasteiger partial charge in [-0.1, -0.05) is 164 Å². The number of benzene rings is 8. The molecule has 2 aliphatic rings. The minimum atomic E-state index is -0.649. The Labute approximate surface area is 370 Å². The van der Waals surface area contributed by atoms with Gasteiger partial charge in [-0.05, 0) is 104 Å². The zero-order valence-corrected chi connectivity index (χ0v) is 34.6. The minimum Gasteiger partial charge on any atom is -0.457 e. The second kappa shape index (κ2) is 14.3. The maximum atomic E-state index is 7.13. The number of hydrogen-bond acceptors (Lipinski definition) is 4. The summed E-state index contributed by atoms with van der Waals surface area (Å²) in [7, 11) is 0. The van der Waals surface area contributed by atoms with E-state index in [-0.39, 0.29) is 0 Å². The Hall–Kier alpha value is -8.47. The number of nitrogens with zero attached hydrogens (tertiary/aromatic N) is 3. The van der Waals surface area contributed by atoms with Crippen molar-refractivity contribution in [2.45, 2.75) is 5.41 Å². The van der Waals surface area contributed by atoms with Gasteiger partial charge in [0.05, 0.1) is 33.7 Å². The molecule has 64 heavy (non-hydrogen) atoms. The van der Waals surface area contributed by atoms with Crippen LogP contribution >= 0.6 is 0 Å². The second-order valence-corrected chi connectivity index (χ2v) is 16.7. The van der Waals surface area contributed by atoms with Crippen LogP contribution in [0, 0.1) is 0 Å². The molecule has 0 bridgehead atoms. The SMILES string of the molecule is c1ccc(-c2cc(-c3ccc(-c4ccc5c(c4)C4(c6cc7c(cc6O5)c(-c5ccccc5)nc5ccccc57)c5ccccc5-c5ccccc54)cc3)cc(-c3ccccn3)n2)cc1. The van der Waals surface area contributed by atoms with E-state index in [4.69, 9.17) is 14.7 Å². The minimum absolute atomic E-state index is 0.649. The van der Waals surface area contributed by atoms with Gasteiger partial charge in [-0.2, -0.15) is 0 Å². The predicted molar refractivity (Wildman–Crippen MR) is 259 cm³/mol. The van der Waals surface area contributed by atoms with Crippen molar-refractivity contribution >= 4 is 21.7 Å². The Balaban J connectivity index is 1.00. The van der Waals surface area contributed by atoms with E-state index in [2.05, 4.69) is 199 Å². The van der Waals surface area contributed by atoms with E-state index in [9.17, 15) is 0 Å². The zero-order valence-electron chi connectivity index (χ0n) is 34.6. The second-order valence-electron chi connectivity index (χ2n) is 16.7. The first-order valence-electron chi connectivity index (χ1n) is 21.7. The number of ether oxygens (including phenoxy) is 1. The van der Waals surface area contributed by atoms with Crippen molar-refractivity contribution in [1.29, 1.82) is 0 Å². The van der Waals surface area contributed by atoms with Crippen molar-refractivity contribution < 1.29 is 4.74 Å². The molecule has 0 amide bonds. The van der Waals surface area contributed by atoms with Crippen molar-refractivity contribution in [3.63, 3.8) is 0 Å². The van der Waals surface area contributed by atoms with Crippen LogP contribution in [0.2, 0.25) is 0 Å². The summed E-state index contributed by atoms with van der Waals surface area (Å²) in [5.41, 5.74) is 17.7. The lowest BCUT2D eigenvalue weighted by Gasteiger charge is -2.40. The van der Waals surface area contributed by atoms with Crippen LogP contribution in [-0.2, 0) is 5.41 Å². The van der Waals surface area contributed by atoms with Crippen LogP contribution < -0.4 is 4.74 Å². The van der Waals surface area contributed by atoms with Crippen molar-refractivity contribution in [1.82, 2.24) is 15.0 Å². The Morgan fingerprint density at radius 3 is 1.67 bits per heavy atom. The monoisotopic (exact) mass is 815 g/mol. The van der Waals surface area contributed by atoms with Gasteiger partial charge in [0.25, 0.3) is 0 Å². The van der Waals surface area contributed by atoms with Crippen LogP contribution in [0.4, 0.5) is 0 Å². The van der Waals surface area contributed by atoms with Crippen molar-refractivity contribution in [2.24, 2.45) is 0 Å². The first-order valence-corrected chi connectivity index (χ1v) is 21.7. The summed E-state index contributed by atoms with van der Waals surface area (Å²) < 4.78 is 7.13. The highest BCUT2D eigenvalue weighted by Gasteiger charge is 2.51. The molecule has 13 rings (SSSR count). The maximum Gasteiger partial charge on any atom is 0.132 e. The number of para-hydroxylation sites is 1. The Morgan fingerprint density at radius 2 is 0.938 bits per heavy atom. The number of hydrogen-bond donors (Lipinski definition) is 0. The smallest absolute Gasteiger partial charge is 0.132 e. The molecular weight excluding hydrogens is 779 g/mol. The third-order valence-corrected chi connectivity index (χ3v) is 13.2. The van der Waals surface area contributed by atoms with Gasteiger partial charge < -0.3 is 4.74 Å². The van der Waals surface area contributed by atoms with Gasteiger partial charge in [-0.25, -0.2) is 9.97 Å². The highest BCUT2D eigenvalue weighted by atomic mass is 16.5. The summed E-state index contributed by atoms with van der Waals surface area (Å²) in [5, 5.41) is 3.34. The third kappa shape index (κ3) is 5.52. The molecule has 0 N–H and O–H groups in total. The molecular formula is C60H37N3O. The van der Waals surface area contributed by atoms with Gasteiger partial charge in [0.15, 0.2) is 0 Å². The number of aromatic nitrogens is 3. The van der Waals surface area contributed by atoms with Crippen LogP contribution in [0.5, 0.6) is 11.5 Å². The summed E-state index contributed by atoms with van der Waals surface area (Å²) in [6.07, 6.45) is 1.82. The van der Waals surface area contributed by atoms with Crippen LogP contribution in [0.1, 0.15) is 22.3 Å². The lowest BCUT2D eigenvalue weighted by Crippen LogP contribution is -2.32. The van der Waals surface area contributed by atoms with Crippen molar-refractivity contribution in [3.05, 3.63) is 247 Å². The topological polar surface area (TPSA) is 47.9 Å². The summed E-state index contributed by atoms with van der Waals surface area (Å²) >= 11 is 0. The molecule has 11 aromatic rings. The normalized spacial score (nSPS) is 12.9. The van der Waals surface area contributed by atoms with Gasteiger partial charge in [0.1, 0.15) is 11.5 Å². The van der Waals surface area contributed by atoms with Crippen molar-refractivity contribution in [3.8, 4) is 78.8 Å². The van der Waals surface area contributed by atoms with E-state index >= 15 is 0 Å². The first kappa shape index (κ1) is 36.2. The van der Waals surface area contributed by atoms with E-state index in [0.717, 1.165) is 100 Å². The van der Waals surface area contributed by atoms with Crippen LogP contribution in [0.25, 0.3) is 89.0 Å². The number of fused-ring (bicyclic) bond motifs is 12. The largest absolute Gasteiger partial charge is 0.457 e. The van der Waals surface area contributed by atoms with E-state index in [1.54, 1.807) is 0 Å². The van der Waals surface area contributed by atoms with Gasteiger partial charge in [-0.3, -0.25) is 4.98 Å².